The van der Waals surface area contributed by atoms with E-state index in [4.69, 9.17) is 16.3 Å². The van der Waals surface area contributed by atoms with Crippen LogP contribution in [0.15, 0.2) is 42.6 Å². The molecule has 0 saturated carbocycles. The van der Waals surface area contributed by atoms with Crippen LogP contribution in [0.25, 0.3) is 0 Å². The van der Waals surface area contributed by atoms with Crippen molar-refractivity contribution < 1.29 is 9.53 Å². The summed E-state index contributed by atoms with van der Waals surface area (Å²) in [6.07, 6.45) is 1.63. The Balaban J connectivity index is 1.48. The molecule has 1 saturated heterocycles. The lowest BCUT2D eigenvalue weighted by Crippen LogP contribution is -2.39. The highest BCUT2D eigenvalue weighted by atomic mass is 35.5. The average Bonchev–Trinajstić information content (AvgIpc) is 2.64. The van der Waals surface area contributed by atoms with Crippen LogP contribution < -0.4 is 10.6 Å². The van der Waals surface area contributed by atoms with Crippen molar-refractivity contribution in [2.45, 2.75) is 0 Å². The number of benzene rings is 1. The van der Waals surface area contributed by atoms with E-state index in [9.17, 15) is 4.79 Å². The number of anilines is 2. The second kappa shape index (κ2) is 8.80. The molecule has 2 heterocycles. The van der Waals surface area contributed by atoms with Crippen LogP contribution in [0.4, 0.5) is 11.5 Å². The third kappa shape index (κ3) is 5.16. The summed E-state index contributed by atoms with van der Waals surface area (Å²) in [5, 5.41) is 6.51. The number of aromatic nitrogens is 1. The molecular formula is C18H21ClN4O2. The van der Waals surface area contributed by atoms with Crippen LogP contribution >= 0.6 is 11.6 Å². The van der Waals surface area contributed by atoms with E-state index in [-0.39, 0.29) is 5.91 Å². The number of hydrogen-bond donors (Lipinski definition) is 2. The van der Waals surface area contributed by atoms with Crippen LogP contribution in [0.2, 0.25) is 5.02 Å². The van der Waals surface area contributed by atoms with Crippen molar-refractivity contribution in [2.75, 3.05) is 50.0 Å². The monoisotopic (exact) mass is 360 g/mol. The predicted molar refractivity (Wildman–Crippen MR) is 99.4 cm³/mol. The van der Waals surface area contributed by atoms with Crippen LogP contribution in [-0.2, 0) is 4.74 Å². The fraction of sp³-hybridized carbons (Fsp3) is 0.333. The number of halogens is 1. The van der Waals surface area contributed by atoms with E-state index in [0.717, 1.165) is 45.2 Å². The van der Waals surface area contributed by atoms with Crippen molar-refractivity contribution in [3.8, 4) is 0 Å². The maximum atomic E-state index is 12.2. The first-order valence-corrected chi connectivity index (χ1v) is 8.66. The Kier molecular flexibility index (Phi) is 6.22. The van der Waals surface area contributed by atoms with E-state index in [1.165, 1.54) is 0 Å². The summed E-state index contributed by atoms with van der Waals surface area (Å²) in [6.45, 7) is 5.33. The summed E-state index contributed by atoms with van der Waals surface area (Å²) in [6, 6.07) is 10.6. The maximum absolute atomic E-state index is 12.2. The Morgan fingerprint density at radius 2 is 2.00 bits per heavy atom. The Morgan fingerprint density at radius 1 is 1.20 bits per heavy atom. The van der Waals surface area contributed by atoms with Gasteiger partial charge in [-0.05, 0) is 24.3 Å². The van der Waals surface area contributed by atoms with Gasteiger partial charge in [0, 0.05) is 26.2 Å². The molecule has 1 fully saturated rings. The molecule has 1 aromatic carbocycles. The van der Waals surface area contributed by atoms with Gasteiger partial charge in [0.15, 0.2) is 0 Å². The number of hydrogen-bond acceptors (Lipinski definition) is 5. The lowest BCUT2D eigenvalue weighted by Gasteiger charge is -2.26. The number of carbonyl (C=O) groups is 1. The summed E-state index contributed by atoms with van der Waals surface area (Å²) < 4.78 is 5.33. The van der Waals surface area contributed by atoms with Gasteiger partial charge in [0.05, 0.1) is 35.7 Å². The van der Waals surface area contributed by atoms with E-state index in [1.54, 1.807) is 30.5 Å². The highest BCUT2D eigenvalue weighted by Gasteiger charge is 2.11. The minimum absolute atomic E-state index is 0.250. The molecule has 0 radical (unpaired) electrons. The van der Waals surface area contributed by atoms with Gasteiger partial charge in [-0.3, -0.25) is 9.69 Å². The van der Waals surface area contributed by atoms with Gasteiger partial charge in [-0.25, -0.2) is 4.98 Å². The van der Waals surface area contributed by atoms with Gasteiger partial charge in [-0.15, -0.1) is 0 Å². The maximum Gasteiger partial charge on any atom is 0.257 e. The number of ether oxygens (including phenoxy) is 1. The number of morpholine rings is 1. The lowest BCUT2D eigenvalue weighted by atomic mass is 10.2. The van der Waals surface area contributed by atoms with E-state index in [0.29, 0.717) is 16.3 Å². The van der Waals surface area contributed by atoms with E-state index < -0.39 is 0 Å². The molecule has 25 heavy (non-hydrogen) atoms. The standard InChI is InChI=1S/C18H21ClN4O2/c19-16-4-2-1-3-15(16)18(24)22-14-5-6-17(21-13-14)20-7-8-23-9-11-25-12-10-23/h1-6,13H,7-12H2,(H,20,21)(H,22,24). The van der Waals surface area contributed by atoms with Gasteiger partial charge >= 0.3 is 0 Å². The summed E-state index contributed by atoms with van der Waals surface area (Å²) in [5.74, 6) is 0.532. The molecule has 0 aliphatic carbocycles. The smallest absolute Gasteiger partial charge is 0.257 e. The quantitative estimate of drug-likeness (QED) is 0.829. The molecule has 1 aliphatic heterocycles. The van der Waals surface area contributed by atoms with Crippen LogP contribution in [-0.4, -0.2) is 55.2 Å². The number of rotatable bonds is 6. The fourth-order valence-corrected chi connectivity index (χ4v) is 2.80. The van der Waals surface area contributed by atoms with E-state index in [1.807, 2.05) is 12.1 Å². The molecule has 1 amide bonds. The van der Waals surface area contributed by atoms with Crippen LogP contribution in [0.5, 0.6) is 0 Å². The molecule has 2 N–H and O–H groups in total. The predicted octanol–water partition coefficient (Wildman–Crippen LogP) is 2.73. The zero-order chi connectivity index (χ0) is 17.5. The number of amides is 1. The van der Waals surface area contributed by atoms with Gasteiger partial charge in [-0.1, -0.05) is 23.7 Å². The fourth-order valence-electron chi connectivity index (χ4n) is 2.58. The normalized spacial score (nSPS) is 14.9. The van der Waals surface area contributed by atoms with Crippen LogP contribution in [0.3, 0.4) is 0 Å². The number of pyridine rings is 1. The Morgan fingerprint density at radius 3 is 2.72 bits per heavy atom. The molecule has 0 bridgehead atoms. The van der Waals surface area contributed by atoms with Crippen molar-refractivity contribution in [3.63, 3.8) is 0 Å². The lowest BCUT2D eigenvalue weighted by molar-refractivity contribution is 0.0398. The van der Waals surface area contributed by atoms with Crippen molar-refractivity contribution >= 4 is 29.0 Å². The highest BCUT2D eigenvalue weighted by Crippen LogP contribution is 2.17. The number of nitrogens with one attached hydrogen (secondary N) is 2. The third-order valence-electron chi connectivity index (χ3n) is 3.98. The second-order valence-electron chi connectivity index (χ2n) is 5.75. The minimum atomic E-state index is -0.250. The van der Waals surface area contributed by atoms with Gasteiger partial charge in [-0.2, -0.15) is 0 Å². The molecule has 0 unspecified atom stereocenters. The molecule has 1 aliphatic rings. The van der Waals surface area contributed by atoms with Crippen molar-refractivity contribution in [1.82, 2.24) is 9.88 Å². The number of carbonyl (C=O) groups excluding carboxylic acids is 1. The summed E-state index contributed by atoms with van der Waals surface area (Å²) in [7, 11) is 0. The first kappa shape index (κ1) is 17.7. The Bertz CT molecular complexity index is 702. The van der Waals surface area contributed by atoms with Crippen molar-refractivity contribution in [2.24, 2.45) is 0 Å². The molecular weight excluding hydrogens is 340 g/mol. The van der Waals surface area contributed by atoms with Crippen LogP contribution in [0, 0.1) is 0 Å². The topological polar surface area (TPSA) is 66.5 Å². The summed E-state index contributed by atoms with van der Waals surface area (Å²) in [4.78, 5) is 18.9. The van der Waals surface area contributed by atoms with E-state index >= 15 is 0 Å². The third-order valence-corrected chi connectivity index (χ3v) is 4.31. The summed E-state index contributed by atoms with van der Waals surface area (Å²) >= 11 is 6.03. The average molecular weight is 361 g/mol. The molecule has 1 aromatic heterocycles. The first-order chi connectivity index (χ1) is 12.2. The number of nitrogens with zero attached hydrogens (tertiary/aromatic N) is 2. The molecule has 0 spiro atoms. The minimum Gasteiger partial charge on any atom is -0.379 e. The molecule has 2 aromatic rings. The second-order valence-corrected chi connectivity index (χ2v) is 6.15. The highest BCUT2D eigenvalue weighted by molar-refractivity contribution is 6.34. The van der Waals surface area contributed by atoms with Crippen LogP contribution in [0.1, 0.15) is 10.4 Å². The van der Waals surface area contributed by atoms with Gasteiger partial charge in [0.1, 0.15) is 5.82 Å². The largest absolute Gasteiger partial charge is 0.379 e. The first-order valence-electron chi connectivity index (χ1n) is 8.28. The zero-order valence-corrected chi connectivity index (χ0v) is 14.6. The SMILES string of the molecule is O=C(Nc1ccc(NCCN2CCOCC2)nc1)c1ccccc1Cl. The molecule has 7 heteroatoms. The Hall–Kier alpha value is -2.15. The van der Waals surface area contributed by atoms with Gasteiger partial charge in [0.25, 0.3) is 5.91 Å². The van der Waals surface area contributed by atoms with E-state index in [2.05, 4.69) is 20.5 Å². The molecule has 0 atom stereocenters. The molecule has 132 valence electrons. The molecule has 3 rings (SSSR count). The van der Waals surface area contributed by atoms with Crippen molar-refractivity contribution in [3.05, 3.63) is 53.2 Å². The van der Waals surface area contributed by atoms with Gasteiger partial charge < -0.3 is 15.4 Å². The van der Waals surface area contributed by atoms with Gasteiger partial charge in [0.2, 0.25) is 0 Å². The van der Waals surface area contributed by atoms with Crippen molar-refractivity contribution in [1.29, 1.82) is 0 Å². The summed E-state index contributed by atoms with van der Waals surface area (Å²) in [5.41, 5.74) is 1.07. The molecule has 6 nitrogen and oxygen atoms in total. The Labute approximate surface area is 152 Å². The zero-order valence-electron chi connectivity index (χ0n) is 13.9.